The molecule has 1 amide bonds. The minimum absolute atomic E-state index is 0.00532. The Labute approximate surface area is 346 Å². The molecule has 2 fully saturated rings. The molecule has 0 radical (unpaired) electrons. The van der Waals surface area contributed by atoms with Gasteiger partial charge in [-0.15, -0.1) is 18.2 Å². The van der Waals surface area contributed by atoms with Crippen molar-refractivity contribution in [3.05, 3.63) is 96.1 Å². The molecule has 7 rings (SSSR count). The van der Waals surface area contributed by atoms with Crippen LogP contribution >= 0.6 is 11.6 Å². The van der Waals surface area contributed by atoms with Gasteiger partial charge in [-0.25, -0.2) is 4.79 Å². The molecular weight excluding hydrogens is 760 g/mol. The number of aromatic hydroxyl groups is 1. The Balaban J connectivity index is 1.45. The minimum Gasteiger partial charge on any atom is -0.508 e. The molecule has 2 heterocycles. The van der Waals surface area contributed by atoms with Gasteiger partial charge < -0.3 is 39.1 Å². The number of amides is 1. The fourth-order valence-electron chi connectivity index (χ4n) is 9.70. The summed E-state index contributed by atoms with van der Waals surface area (Å²) < 4.78 is 26.2. The lowest BCUT2D eigenvalue weighted by Gasteiger charge is -2.59. The van der Waals surface area contributed by atoms with Gasteiger partial charge in [-0.2, -0.15) is 0 Å². The SMILES string of the molecule is C=CCOC12Oc3ccc(O)cc3C3C(CCCCO)C(CCCCO)C=C(C(=NOC4CCCCO4)CC1N(Cc1cccc4ccccc14)C(=O)OCCCl)C32. The smallest absolute Gasteiger partial charge is 0.410 e. The van der Waals surface area contributed by atoms with Crippen LogP contribution in [0.1, 0.15) is 81.3 Å². The highest BCUT2D eigenvalue weighted by molar-refractivity contribution is 6.18. The Hall–Kier alpha value is -4.13. The topological polar surface area (TPSA) is 140 Å². The van der Waals surface area contributed by atoms with Crippen LogP contribution in [0.25, 0.3) is 10.8 Å². The minimum atomic E-state index is -1.48. The van der Waals surface area contributed by atoms with E-state index in [0.29, 0.717) is 37.3 Å². The van der Waals surface area contributed by atoms with Crippen LogP contribution in [0.15, 0.2) is 90.1 Å². The third-order valence-electron chi connectivity index (χ3n) is 12.2. The molecule has 58 heavy (non-hydrogen) atoms. The monoisotopic (exact) mass is 816 g/mol. The number of fused-ring (bicyclic) bond motifs is 3. The van der Waals surface area contributed by atoms with Gasteiger partial charge in [0.15, 0.2) is 0 Å². The number of ether oxygens (including phenoxy) is 4. The van der Waals surface area contributed by atoms with Crippen molar-refractivity contribution in [2.24, 2.45) is 22.9 Å². The van der Waals surface area contributed by atoms with Crippen LogP contribution in [0.5, 0.6) is 11.5 Å². The predicted octanol–water partition coefficient (Wildman–Crippen LogP) is 8.58. The highest BCUT2D eigenvalue weighted by Gasteiger charge is 2.65. The van der Waals surface area contributed by atoms with Gasteiger partial charge in [-0.3, -0.25) is 4.90 Å². The number of carbonyl (C=O) groups is 1. The quantitative estimate of drug-likeness (QED) is 0.0499. The van der Waals surface area contributed by atoms with Crippen LogP contribution in [0, 0.1) is 17.8 Å². The second-order valence-corrected chi connectivity index (χ2v) is 16.1. The summed E-state index contributed by atoms with van der Waals surface area (Å²) in [6.07, 6.45) is 10.2. The van der Waals surface area contributed by atoms with Crippen LogP contribution < -0.4 is 4.74 Å². The molecule has 12 heteroatoms. The van der Waals surface area contributed by atoms with Crippen LogP contribution in [-0.2, 0) is 25.6 Å². The van der Waals surface area contributed by atoms with Crippen LogP contribution in [0.3, 0.4) is 0 Å². The second kappa shape index (κ2) is 19.7. The Bertz CT molecular complexity index is 1930. The summed E-state index contributed by atoms with van der Waals surface area (Å²) in [5.41, 5.74) is 3.32. The largest absolute Gasteiger partial charge is 0.508 e. The van der Waals surface area contributed by atoms with E-state index in [-0.39, 0.29) is 68.8 Å². The summed E-state index contributed by atoms with van der Waals surface area (Å²) in [6, 6.07) is 18.5. The van der Waals surface area contributed by atoms with Gasteiger partial charge in [0.2, 0.25) is 12.1 Å². The van der Waals surface area contributed by atoms with Crippen molar-refractivity contribution in [2.75, 3.05) is 38.9 Å². The lowest BCUT2D eigenvalue weighted by Crippen LogP contribution is -2.70. The maximum absolute atomic E-state index is 14.6. The summed E-state index contributed by atoms with van der Waals surface area (Å²) in [5, 5.41) is 37.7. The molecule has 312 valence electrons. The Morgan fingerprint density at radius 1 is 1.03 bits per heavy atom. The summed E-state index contributed by atoms with van der Waals surface area (Å²) >= 11 is 6.12. The molecule has 3 aromatic rings. The van der Waals surface area contributed by atoms with Crippen LogP contribution in [0.4, 0.5) is 4.79 Å². The number of phenolic OH excluding ortho intramolecular Hbond substituents is 1. The predicted molar refractivity (Wildman–Crippen MR) is 223 cm³/mol. The molecule has 0 bridgehead atoms. The highest BCUT2D eigenvalue weighted by atomic mass is 35.5. The van der Waals surface area contributed by atoms with Crippen molar-refractivity contribution in [3.63, 3.8) is 0 Å². The van der Waals surface area contributed by atoms with Gasteiger partial charge in [-0.1, -0.05) is 72.6 Å². The van der Waals surface area contributed by atoms with Crippen molar-refractivity contribution in [3.8, 4) is 11.5 Å². The summed E-state index contributed by atoms with van der Waals surface area (Å²) in [5.74, 6) is -1.41. The number of phenols is 1. The average Bonchev–Trinajstić information content (AvgIpc) is 3.25. The third-order valence-corrected chi connectivity index (χ3v) is 12.4. The molecule has 11 nitrogen and oxygen atoms in total. The molecule has 3 N–H and O–H groups in total. The number of allylic oxidation sites excluding steroid dienone is 1. The van der Waals surface area contributed by atoms with Gasteiger partial charge >= 0.3 is 6.09 Å². The van der Waals surface area contributed by atoms with E-state index in [1.807, 2.05) is 36.4 Å². The lowest BCUT2D eigenvalue weighted by molar-refractivity contribution is -0.256. The first-order chi connectivity index (χ1) is 28.4. The Kier molecular flexibility index (Phi) is 14.3. The fourth-order valence-corrected chi connectivity index (χ4v) is 9.78. The van der Waals surface area contributed by atoms with E-state index in [2.05, 4.69) is 18.7 Å². The Morgan fingerprint density at radius 2 is 1.84 bits per heavy atom. The summed E-state index contributed by atoms with van der Waals surface area (Å²) in [7, 11) is 0. The summed E-state index contributed by atoms with van der Waals surface area (Å²) in [6.45, 7) is 5.08. The van der Waals surface area contributed by atoms with Crippen molar-refractivity contribution in [2.45, 2.75) is 94.8 Å². The number of benzene rings is 3. The Morgan fingerprint density at radius 3 is 2.62 bits per heavy atom. The van der Waals surface area contributed by atoms with Gasteiger partial charge in [0, 0.05) is 37.5 Å². The zero-order chi connectivity index (χ0) is 40.5. The van der Waals surface area contributed by atoms with E-state index in [0.717, 1.165) is 66.0 Å². The third kappa shape index (κ3) is 8.89. The number of unbranched alkanes of at least 4 members (excludes halogenated alkanes) is 2. The van der Waals surface area contributed by atoms with Crippen LogP contribution in [-0.4, -0.2) is 89.1 Å². The van der Waals surface area contributed by atoms with Crippen molar-refractivity contribution in [1.82, 2.24) is 4.90 Å². The van der Waals surface area contributed by atoms with E-state index < -0.39 is 30.1 Å². The number of aliphatic hydroxyl groups is 2. The number of halogens is 1. The van der Waals surface area contributed by atoms with Crippen molar-refractivity contribution in [1.29, 1.82) is 0 Å². The highest BCUT2D eigenvalue weighted by Crippen LogP contribution is 2.62. The number of rotatable bonds is 18. The van der Waals surface area contributed by atoms with Gasteiger partial charge in [0.05, 0.1) is 37.3 Å². The molecule has 2 aliphatic carbocycles. The van der Waals surface area contributed by atoms with E-state index in [9.17, 15) is 20.1 Å². The number of hydrogen-bond acceptors (Lipinski definition) is 10. The fraction of sp³-hybridized carbons (Fsp3) is 0.522. The number of nitrogens with zero attached hydrogens (tertiary/aromatic N) is 2. The standard InChI is InChI=1S/C46H57ClN2O9/c1-2-24-56-46-41(49(45(53)55-26-21-47)30-33-15-11-14-31-12-3-4-16-35(31)33)29-39(48-58-42-18-7-10-25-54-42)37-27-32(13-5-8-22-50)36(17-6-9-23-51)43(44(37)46)38-28-34(52)19-20-40(38)57-46/h2-4,11-12,14-16,19-20,27-28,32,36,41-44,50-52H,1,5-10,13,17-18,21-26,29-30H2. The molecular formula is C46H57ClN2O9. The first-order valence-electron chi connectivity index (χ1n) is 20.9. The first kappa shape index (κ1) is 42.0. The first-order valence-corrected chi connectivity index (χ1v) is 21.5. The number of hydrogen-bond donors (Lipinski definition) is 3. The molecule has 7 unspecified atom stereocenters. The molecule has 3 aromatic carbocycles. The molecule has 1 saturated carbocycles. The zero-order valence-corrected chi connectivity index (χ0v) is 33.9. The van der Waals surface area contributed by atoms with Crippen LogP contribution in [0.2, 0.25) is 0 Å². The number of aliphatic hydroxyl groups excluding tert-OH is 2. The number of alkyl halides is 1. The normalized spacial score (nSPS) is 26.9. The van der Waals surface area contributed by atoms with Crippen molar-refractivity contribution >= 4 is 34.2 Å². The van der Waals surface area contributed by atoms with Gasteiger partial charge in [-0.05, 0) is 90.5 Å². The van der Waals surface area contributed by atoms with Gasteiger partial charge in [0.25, 0.3) is 0 Å². The molecule has 1 saturated heterocycles. The maximum atomic E-state index is 14.6. The van der Waals surface area contributed by atoms with E-state index in [1.165, 1.54) is 0 Å². The average molecular weight is 817 g/mol. The van der Waals surface area contributed by atoms with E-state index in [1.54, 1.807) is 29.2 Å². The molecule has 0 spiro atoms. The molecule has 0 aromatic heterocycles. The molecule has 4 aliphatic rings. The van der Waals surface area contributed by atoms with Gasteiger partial charge in [0.1, 0.15) is 24.1 Å². The zero-order valence-electron chi connectivity index (χ0n) is 33.2. The van der Waals surface area contributed by atoms with E-state index >= 15 is 0 Å². The maximum Gasteiger partial charge on any atom is 0.410 e. The lowest BCUT2D eigenvalue weighted by atomic mass is 9.55. The molecule has 2 aliphatic heterocycles. The number of oxime groups is 1. The van der Waals surface area contributed by atoms with E-state index in [4.69, 9.17) is 40.5 Å². The second-order valence-electron chi connectivity index (χ2n) is 15.8. The summed E-state index contributed by atoms with van der Waals surface area (Å²) in [4.78, 5) is 22.6. The van der Waals surface area contributed by atoms with Crippen molar-refractivity contribution < 1.29 is 43.9 Å². The number of carbonyl (C=O) groups excluding carboxylic acids is 1. The molecule has 7 atom stereocenters.